The molecule has 0 saturated heterocycles. The quantitative estimate of drug-likeness (QED) is 0.450. The molecule has 1 fully saturated rings. The third-order valence-electron chi connectivity index (χ3n) is 7.02. The summed E-state index contributed by atoms with van der Waals surface area (Å²) in [4.78, 5) is 37.8. The summed E-state index contributed by atoms with van der Waals surface area (Å²) in [5.41, 5.74) is 3.21. The molecule has 4 rings (SSSR count). The highest BCUT2D eigenvalue weighted by Crippen LogP contribution is 2.40. The van der Waals surface area contributed by atoms with Crippen molar-refractivity contribution >= 4 is 17.8 Å². The Labute approximate surface area is 217 Å². The minimum Gasteiger partial charge on any atom is -0.478 e. The van der Waals surface area contributed by atoms with Crippen LogP contribution in [0.4, 0.5) is 0 Å². The second-order valence-electron chi connectivity index (χ2n) is 10.0. The molecule has 1 heterocycles. The number of carboxylic acids is 1. The van der Waals surface area contributed by atoms with Gasteiger partial charge in [-0.05, 0) is 62.4 Å². The Morgan fingerprint density at radius 1 is 1.16 bits per heavy atom. The van der Waals surface area contributed by atoms with Gasteiger partial charge in [-0.2, -0.15) is 5.10 Å². The number of rotatable bonds is 10. The van der Waals surface area contributed by atoms with Crippen molar-refractivity contribution < 1.29 is 24.2 Å². The van der Waals surface area contributed by atoms with Gasteiger partial charge in [0, 0.05) is 24.8 Å². The summed E-state index contributed by atoms with van der Waals surface area (Å²) >= 11 is 0. The first-order valence-electron chi connectivity index (χ1n) is 13.0. The predicted octanol–water partition coefficient (Wildman–Crippen LogP) is 3.65. The van der Waals surface area contributed by atoms with Crippen LogP contribution in [0.25, 0.3) is 5.69 Å². The number of aryl methyl sites for hydroxylation is 1. The number of ether oxygens (including phenoxy) is 1. The van der Waals surface area contributed by atoms with Gasteiger partial charge in [0.2, 0.25) is 5.91 Å². The molecule has 1 saturated carbocycles. The molecular formula is C28H36N4O5. The molecule has 9 nitrogen and oxygen atoms in total. The van der Waals surface area contributed by atoms with E-state index >= 15 is 0 Å². The smallest absolute Gasteiger partial charge is 0.331 e. The third-order valence-corrected chi connectivity index (χ3v) is 7.02. The monoisotopic (exact) mass is 508 g/mol. The molecule has 2 amide bonds. The van der Waals surface area contributed by atoms with Gasteiger partial charge in [-0.15, -0.1) is 0 Å². The van der Waals surface area contributed by atoms with E-state index < -0.39 is 24.2 Å². The number of aliphatic carboxylic acids is 1. The standard InChI is InChI=1S/C28H36N4O5/c1-5-21(6-2)37-25-14-19(28(35)36)13-23(26(25)29-17(4)33)30-27(34)24-15-22(18-10-11-18)31-32(24)20-9-7-8-16(3)12-20/h7-9,12,14-15,18,21,23,25-26H,5-6,10-11,13H2,1-4H3,(H,29,33)(H,30,34)(H,35,36)/t23-,25+,26+/m0/s1. The summed E-state index contributed by atoms with van der Waals surface area (Å²) in [7, 11) is 0. The van der Waals surface area contributed by atoms with Crippen molar-refractivity contribution in [3.05, 3.63) is 58.9 Å². The molecule has 3 atom stereocenters. The maximum Gasteiger partial charge on any atom is 0.331 e. The van der Waals surface area contributed by atoms with Crippen molar-refractivity contribution in [2.45, 2.75) is 90.0 Å². The molecule has 198 valence electrons. The molecule has 0 bridgehead atoms. The van der Waals surface area contributed by atoms with Crippen LogP contribution in [0.15, 0.2) is 42.0 Å². The predicted molar refractivity (Wildman–Crippen MR) is 139 cm³/mol. The molecule has 2 aliphatic rings. The first-order valence-corrected chi connectivity index (χ1v) is 13.0. The van der Waals surface area contributed by atoms with Crippen molar-refractivity contribution in [1.29, 1.82) is 0 Å². The van der Waals surface area contributed by atoms with Gasteiger partial charge in [0.1, 0.15) is 5.69 Å². The average Bonchev–Trinajstić information content (AvgIpc) is 3.61. The first-order chi connectivity index (χ1) is 17.7. The lowest BCUT2D eigenvalue weighted by molar-refractivity contribution is -0.133. The number of carboxylic acid groups (broad SMARTS) is 1. The number of carbonyl (C=O) groups excluding carboxylic acids is 2. The van der Waals surface area contributed by atoms with Gasteiger partial charge in [0.25, 0.3) is 5.91 Å². The Morgan fingerprint density at radius 3 is 2.49 bits per heavy atom. The zero-order valence-corrected chi connectivity index (χ0v) is 21.9. The zero-order valence-electron chi connectivity index (χ0n) is 21.9. The third kappa shape index (κ3) is 6.28. The van der Waals surface area contributed by atoms with E-state index in [-0.39, 0.29) is 29.9 Å². The first kappa shape index (κ1) is 26.6. The second kappa shape index (κ2) is 11.3. The van der Waals surface area contributed by atoms with Gasteiger partial charge < -0.3 is 20.5 Å². The van der Waals surface area contributed by atoms with Crippen LogP contribution in [0, 0.1) is 6.92 Å². The Hall–Kier alpha value is -3.46. The van der Waals surface area contributed by atoms with Crippen molar-refractivity contribution in [3.63, 3.8) is 0 Å². The van der Waals surface area contributed by atoms with Crippen LogP contribution >= 0.6 is 0 Å². The van der Waals surface area contributed by atoms with Crippen LogP contribution in [0.2, 0.25) is 0 Å². The van der Waals surface area contributed by atoms with E-state index in [1.165, 1.54) is 6.92 Å². The fourth-order valence-corrected chi connectivity index (χ4v) is 4.85. The van der Waals surface area contributed by atoms with E-state index in [9.17, 15) is 19.5 Å². The van der Waals surface area contributed by atoms with Crippen molar-refractivity contribution in [2.24, 2.45) is 0 Å². The lowest BCUT2D eigenvalue weighted by Gasteiger charge is -2.38. The van der Waals surface area contributed by atoms with E-state index in [1.54, 1.807) is 10.8 Å². The number of hydrogen-bond donors (Lipinski definition) is 3. The van der Waals surface area contributed by atoms with Crippen LogP contribution in [-0.4, -0.2) is 57.0 Å². The van der Waals surface area contributed by atoms with Crippen LogP contribution in [0.3, 0.4) is 0 Å². The number of benzene rings is 1. The molecule has 3 N–H and O–H groups in total. The molecule has 37 heavy (non-hydrogen) atoms. The van der Waals surface area contributed by atoms with E-state index in [0.717, 1.165) is 42.6 Å². The Morgan fingerprint density at radius 2 is 1.89 bits per heavy atom. The molecule has 0 radical (unpaired) electrons. The lowest BCUT2D eigenvalue weighted by Crippen LogP contribution is -2.59. The van der Waals surface area contributed by atoms with Gasteiger partial charge in [0.05, 0.1) is 35.7 Å². The minimum absolute atomic E-state index is 0.0584. The van der Waals surface area contributed by atoms with Crippen molar-refractivity contribution in [1.82, 2.24) is 20.4 Å². The van der Waals surface area contributed by atoms with Crippen LogP contribution in [-0.2, 0) is 14.3 Å². The highest BCUT2D eigenvalue weighted by molar-refractivity contribution is 5.94. The van der Waals surface area contributed by atoms with Crippen molar-refractivity contribution in [2.75, 3.05) is 0 Å². The largest absolute Gasteiger partial charge is 0.478 e. The Kier molecular flexibility index (Phi) is 8.12. The number of amides is 2. The summed E-state index contributed by atoms with van der Waals surface area (Å²) in [5, 5.41) is 20.4. The topological polar surface area (TPSA) is 123 Å². The summed E-state index contributed by atoms with van der Waals surface area (Å²) in [6.45, 7) is 7.37. The number of aromatic nitrogens is 2. The molecule has 2 aromatic rings. The fraction of sp³-hybridized carbons (Fsp3) is 0.500. The van der Waals surface area contributed by atoms with Crippen LogP contribution in [0.5, 0.6) is 0 Å². The Balaban J connectivity index is 1.67. The molecular weight excluding hydrogens is 472 g/mol. The molecule has 0 aliphatic heterocycles. The summed E-state index contributed by atoms with van der Waals surface area (Å²) in [6.07, 6.45) is 4.39. The van der Waals surface area contributed by atoms with Gasteiger partial charge >= 0.3 is 5.97 Å². The van der Waals surface area contributed by atoms with Gasteiger partial charge in [-0.25, -0.2) is 9.48 Å². The van der Waals surface area contributed by atoms with Gasteiger partial charge in [-0.3, -0.25) is 9.59 Å². The molecule has 1 aromatic carbocycles. The molecule has 0 unspecified atom stereocenters. The van der Waals surface area contributed by atoms with Crippen LogP contribution < -0.4 is 10.6 Å². The van der Waals surface area contributed by atoms with Crippen molar-refractivity contribution in [3.8, 4) is 5.69 Å². The number of hydrogen-bond acceptors (Lipinski definition) is 5. The maximum atomic E-state index is 13.7. The summed E-state index contributed by atoms with van der Waals surface area (Å²) in [6, 6.07) is 8.28. The Bertz CT molecular complexity index is 1190. The highest BCUT2D eigenvalue weighted by Gasteiger charge is 2.39. The molecule has 1 aromatic heterocycles. The lowest BCUT2D eigenvalue weighted by atomic mass is 9.87. The van der Waals surface area contributed by atoms with E-state index in [1.807, 2.05) is 51.1 Å². The van der Waals surface area contributed by atoms with Crippen LogP contribution in [0.1, 0.15) is 80.5 Å². The SMILES string of the molecule is CCC(CC)O[C@@H]1C=C(C(=O)O)C[C@H](NC(=O)c2cc(C3CC3)nn2-c2cccc(C)c2)[C@H]1NC(C)=O. The number of carbonyl (C=O) groups is 3. The van der Waals surface area contributed by atoms with Gasteiger partial charge in [-0.1, -0.05) is 26.0 Å². The normalized spacial score (nSPS) is 21.4. The number of nitrogens with zero attached hydrogens (tertiary/aromatic N) is 2. The highest BCUT2D eigenvalue weighted by atomic mass is 16.5. The summed E-state index contributed by atoms with van der Waals surface area (Å²) < 4.78 is 7.88. The van der Waals surface area contributed by atoms with E-state index in [0.29, 0.717) is 11.6 Å². The number of nitrogens with one attached hydrogen (secondary N) is 2. The molecule has 2 aliphatic carbocycles. The maximum absolute atomic E-state index is 13.7. The fourth-order valence-electron chi connectivity index (χ4n) is 4.85. The van der Waals surface area contributed by atoms with E-state index in [2.05, 4.69) is 10.6 Å². The molecule has 9 heteroatoms. The van der Waals surface area contributed by atoms with E-state index in [4.69, 9.17) is 9.84 Å². The summed E-state index contributed by atoms with van der Waals surface area (Å²) in [5.74, 6) is -1.39. The average molecular weight is 509 g/mol. The molecule has 0 spiro atoms. The zero-order chi connectivity index (χ0) is 26.7. The minimum atomic E-state index is -1.07. The second-order valence-corrected chi connectivity index (χ2v) is 10.0. The van der Waals surface area contributed by atoms with Gasteiger partial charge in [0.15, 0.2) is 0 Å².